The van der Waals surface area contributed by atoms with Crippen LogP contribution in [0.3, 0.4) is 0 Å². The molecule has 0 aromatic heterocycles. The van der Waals surface area contributed by atoms with E-state index in [2.05, 4.69) is 0 Å². The van der Waals surface area contributed by atoms with Crippen molar-refractivity contribution >= 4 is 17.3 Å². The topological polar surface area (TPSA) is 64.8 Å². The highest BCUT2D eigenvalue weighted by Gasteiger charge is 2.40. The number of nitrogen functional groups attached to an aromatic ring is 1. The molecule has 1 heterocycles. The number of ether oxygens (including phenoxy) is 2. The van der Waals surface area contributed by atoms with Crippen molar-refractivity contribution in [1.29, 1.82) is 0 Å². The summed E-state index contributed by atoms with van der Waals surface area (Å²) in [6.45, 7) is 6.39. The van der Waals surface area contributed by atoms with Gasteiger partial charge in [0, 0.05) is 11.8 Å². The van der Waals surface area contributed by atoms with Crippen LogP contribution in [0.4, 0.5) is 11.4 Å². The maximum Gasteiger partial charge on any atom is 0.270 e. The van der Waals surface area contributed by atoms with Crippen molar-refractivity contribution in [1.82, 2.24) is 0 Å². The molecule has 0 atom stereocenters. The molecule has 5 heteroatoms. The third kappa shape index (κ3) is 3.15. The Bertz CT molecular complexity index is 754. The largest absolute Gasteiger partial charge is 0.492 e. The first kappa shape index (κ1) is 16.2. The Labute approximate surface area is 142 Å². The summed E-state index contributed by atoms with van der Waals surface area (Å²) in [6, 6.07) is 13.2. The number of hydrogen-bond donors (Lipinski definition) is 1. The van der Waals surface area contributed by atoms with Crippen molar-refractivity contribution in [2.75, 3.05) is 23.8 Å². The van der Waals surface area contributed by atoms with Crippen LogP contribution in [-0.2, 0) is 4.79 Å². The summed E-state index contributed by atoms with van der Waals surface area (Å²) in [5.74, 6) is 1.32. The van der Waals surface area contributed by atoms with Crippen LogP contribution in [0, 0.1) is 6.92 Å². The van der Waals surface area contributed by atoms with Gasteiger partial charge in [-0.2, -0.15) is 0 Å². The van der Waals surface area contributed by atoms with Crippen LogP contribution >= 0.6 is 0 Å². The van der Waals surface area contributed by atoms with Crippen LogP contribution in [0.1, 0.15) is 19.4 Å². The zero-order valence-electron chi connectivity index (χ0n) is 14.2. The van der Waals surface area contributed by atoms with Crippen LogP contribution in [-0.4, -0.2) is 24.7 Å². The summed E-state index contributed by atoms with van der Waals surface area (Å²) in [5, 5.41) is 0. The average Bonchev–Trinajstić information content (AvgIpc) is 2.52. The molecule has 2 aromatic carbocycles. The first-order valence-corrected chi connectivity index (χ1v) is 7.97. The molecule has 0 unspecified atom stereocenters. The highest BCUT2D eigenvalue weighted by atomic mass is 16.5. The number of carbonyl (C=O) groups is 1. The quantitative estimate of drug-likeness (QED) is 0.877. The molecule has 5 nitrogen and oxygen atoms in total. The van der Waals surface area contributed by atoms with Gasteiger partial charge >= 0.3 is 0 Å². The van der Waals surface area contributed by atoms with Gasteiger partial charge in [0.15, 0.2) is 5.60 Å². The van der Waals surface area contributed by atoms with E-state index in [1.807, 2.05) is 37.3 Å². The number of fused-ring (bicyclic) bond motifs is 1. The van der Waals surface area contributed by atoms with E-state index >= 15 is 0 Å². The SMILES string of the molecule is Cc1ccc(OCCN2C(=O)C(C)(C)Oc3cc(N)ccc32)cc1. The number of anilines is 2. The number of nitrogens with two attached hydrogens (primary N) is 1. The minimum absolute atomic E-state index is 0.0905. The Kier molecular flexibility index (Phi) is 4.09. The standard InChI is InChI=1S/C19H22N2O3/c1-13-4-7-15(8-5-13)23-11-10-21-16-9-6-14(20)12-17(16)24-19(2,3)18(21)22/h4-9,12H,10-11,20H2,1-3H3. The molecule has 2 N–H and O–H groups in total. The van der Waals surface area contributed by atoms with E-state index < -0.39 is 5.60 Å². The monoisotopic (exact) mass is 326 g/mol. The molecule has 0 saturated carbocycles. The van der Waals surface area contributed by atoms with Gasteiger partial charge in [0.1, 0.15) is 18.1 Å². The van der Waals surface area contributed by atoms with Gasteiger partial charge in [-0.05, 0) is 45.0 Å². The lowest BCUT2D eigenvalue weighted by Gasteiger charge is -2.38. The first-order chi connectivity index (χ1) is 11.4. The average molecular weight is 326 g/mol. The van der Waals surface area contributed by atoms with Crippen LogP contribution in [0.25, 0.3) is 0 Å². The lowest BCUT2D eigenvalue weighted by atomic mass is 10.0. The Hall–Kier alpha value is -2.69. The summed E-state index contributed by atoms with van der Waals surface area (Å²) in [7, 11) is 0. The highest BCUT2D eigenvalue weighted by molar-refractivity contribution is 6.02. The van der Waals surface area contributed by atoms with Crippen LogP contribution in [0.2, 0.25) is 0 Å². The zero-order chi connectivity index (χ0) is 17.3. The summed E-state index contributed by atoms with van der Waals surface area (Å²) in [6.07, 6.45) is 0. The maximum atomic E-state index is 12.7. The number of amides is 1. The number of aryl methyl sites for hydroxylation is 1. The minimum Gasteiger partial charge on any atom is -0.492 e. The van der Waals surface area contributed by atoms with Gasteiger partial charge in [0.25, 0.3) is 5.91 Å². The third-order valence-electron chi connectivity index (χ3n) is 4.00. The first-order valence-electron chi connectivity index (χ1n) is 7.97. The van der Waals surface area contributed by atoms with Gasteiger partial charge in [-0.1, -0.05) is 17.7 Å². The minimum atomic E-state index is -0.926. The summed E-state index contributed by atoms with van der Waals surface area (Å²) < 4.78 is 11.6. The highest BCUT2D eigenvalue weighted by Crippen LogP contribution is 2.38. The Balaban J connectivity index is 1.76. The molecular weight excluding hydrogens is 304 g/mol. The Morgan fingerprint density at radius 1 is 1.17 bits per heavy atom. The van der Waals surface area contributed by atoms with E-state index in [4.69, 9.17) is 15.2 Å². The smallest absolute Gasteiger partial charge is 0.270 e. The van der Waals surface area contributed by atoms with Crippen LogP contribution in [0.15, 0.2) is 42.5 Å². The van der Waals surface area contributed by atoms with Crippen molar-refractivity contribution in [2.45, 2.75) is 26.4 Å². The van der Waals surface area contributed by atoms with E-state index in [0.29, 0.717) is 24.6 Å². The van der Waals surface area contributed by atoms with Crippen molar-refractivity contribution in [3.63, 3.8) is 0 Å². The number of rotatable bonds is 4. The fraction of sp³-hybridized carbons (Fsp3) is 0.316. The van der Waals surface area contributed by atoms with Crippen molar-refractivity contribution < 1.29 is 14.3 Å². The fourth-order valence-corrected chi connectivity index (χ4v) is 2.70. The lowest BCUT2D eigenvalue weighted by molar-refractivity contribution is -0.132. The molecule has 1 aliphatic heterocycles. The normalized spacial score (nSPS) is 15.6. The number of nitrogens with zero attached hydrogens (tertiary/aromatic N) is 1. The molecule has 126 valence electrons. The van der Waals surface area contributed by atoms with Crippen molar-refractivity contribution in [2.24, 2.45) is 0 Å². The van der Waals surface area contributed by atoms with Crippen molar-refractivity contribution in [3.05, 3.63) is 48.0 Å². The lowest BCUT2D eigenvalue weighted by Crippen LogP contribution is -2.53. The van der Waals surface area contributed by atoms with E-state index in [9.17, 15) is 4.79 Å². The molecule has 24 heavy (non-hydrogen) atoms. The summed E-state index contributed by atoms with van der Waals surface area (Å²) in [5.41, 5.74) is 7.41. The van der Waals surface area contributed by atoms with E-state index in [-0.39, 0.29) is 5.91 Å². The molecule has 0 spiro atoms. The number of hydrogen-bond acceptors (Lipinski definition) is 4. The number of carbonyl (C=O) groups excluding carboxylic acids is 1. The molecule has 0 radical (unpaired) electrons. The molecular formula is C19H22N2O3. The van der Waals surface area contributed by atoms with Gasteiger partial charge in [0.05, 0.1) is 12.2 Å². The third-order valence-corrected chi connectivity index (χ3v) is 4.00. The van der Waals surface area contributed by atoms with Gasteiger partial charge in [0.2, 0.25) is 0 Å². The molecule has 0 saturated heterocycles. The second kappa shape index (κ2) is 6.07. The second-order valence-electron chi connectivity index (χ2n) is 6.46. The van der Waals surface area contributed by atoms with Crippen molar-refractivity contribution in [3.8, 4) is 11.5 Å². The second-order valence-corrected chi connectivity index (χ2v) is 6.46. The molecule has 0 fully saturated rings. The maximum absolute atomic E-state index is 12.7. The molecule has 0 aliphatic carbocycles. The van der Waals surface area contributed by atoms with Crippen LogP contribution < -0.4 is 20.1 Å². The molecule has 3 rings (SSSR count). The van der Waals surface area contributed by atoms with E-state index in [1.165, 1.54) is 5.56 Å². The van der Waals surface area contributed by atoms with E-state index in [0.717, 1.165) is 11.4 Å². The molecule has 1 aliphatic rings. The zero-order valence-corrected chi connectivity index (χ0v) is 14.2. The Morgan fingerprint density at radius 3 is 2.58 bits per heavy atom. The summed E-state index contributed by atoms with van der Waals surface area (Å²) >= 11 is 0. The van der Waals surface area contributed by atoms with Crippen LogP contribution in [0.5, 0.6) is 11.5 Å². The number of benzene rings is 2. The fourth-order valence-electron chi connectivity index (χ4n) is 2.70. The van der Waals surface area contributed by atoms with Gasteiger partial charge in [-0.25, -0.2) is 0 Å². The molecule has 1 amide bonds. The van der Waals surface area contributed by atoms with Gasteiger partial charge < -0.3 is 20.1 Å². The molecule has 0 bridgehead atoms. The predicted octanol–water partition coefficient (Wildman–Crippen LogP) is 3.16. The Morgan fingerprint density at radius 2 is 1.88 bits per heavy atom. The molecule has 2 aromatic rings. The van der Waals surface area contributed by atoms with Gasteiger partial charge in [-0.3, -0.25) is 4.79 Å². The van der Waals surface area contributed by atoms with Gasteiger partial charge in [-0.15, -0.1) is 0 Å². The predicted molar refractivity (Wildman–Crippen MR) is 94.6 cm³/mol. The summed E-state index contributed by atoms with van der Waals surface area (Å²) in [4.78, 5) is 14.4. The van der Waals surface area contributed by atoms with E-state index in [1.54, 1.807) is 30.9 Å².